The number of aromatic nitrogens is 1. The van der Waals surface area contributed by atoms with E-state index >= 15 is 0 Å². The van der Waals surface area contributed by atoms with Crippen molar-refractivity contribution in [2.45, 2.75) is 18.9 Å². The third-order valence-electron chi connectivity index (χ3n) is 3.78. The van der Waals surface area contributed by atoms with E-state index in [1.54, 1.807) is 6.20 Å². The molecule has 2 atom stereocenters. The van der Waals surface area contributed by atoms with E-state index in [1.165, 1.54) is 12.5 Å². The summed E-state index contributed by atoms with van der Waals surface area (Å²) in [5.41, 5.74) is 0.834. The Bertz CT molecular complexity index is 426. The average Bonchev–Trinajstić information content (AvgIpc) is 2.43. The summed E-state index contributed by atoms with van der Waals surface area (Å²) in [6.45, 7) is 3.04. The molecule has 2 saturated heterocycles. The molecule has 0 amide bonds. The molecule has 0 aromatic carbocycles. The number of hydrogen-bond acceptors (Lipinski definition) is 3. The van der Waals surface area contributed by atoms with Crippen LogP contribution in [0.25, 0.3) is 0 Å². The van der Waals surface area contributed by atoms with Crippen LogP contribution in [0.15, 0.2) is 12.3 Å². The predicted octanol–water partition coefficient (Wildman–Crippen LogP) is 2.06. The van der Waals surface area contributed by atoms with Gasteiger partial charge in [-0.2, -0.15) is 0 Å². The van der Waals surface area contributed by atoms with Crippen molar-refractivity contribution < 1.29 is 4.39 Å². The van der Waals surface area contributed by atoms with Gasteiger partial charge in [-0.1, -0.05) is 11.6 Å². The van der Waals surface area contributed by atoms with Crippen LogP contribution in [0.3, 0.4) is 0 Å². The Kier molecular flexibility index (Phi) is 2.92. The lowest BCUT2D eigenvalue weighted by Gasteiger charge is -2.38. The molecule has 3 heterocycles. The number of pyridine rings is 1. The van der Waals surface area contributed by atoms with Crippen LogP contribution in [0, 0.1) is 11.7 Å². The summed E-state index contributed by atoms with van der Waals surface area (Å²) in [5.74, 6) is 0.358. The SMILES string of the molecule is Fc1cc(N2CCC[C@H]3CN[C@H]3C2)cnc1Cl. The van der Waals surface area contributed by atoms with Crippen LogP contribution < -0.4 is 10.2 Å². The molecule has 2 aliphatic heterocycles. The summed E-state index contributed by atoms with van der Waals surface area (Å²) in [6, 6.07) is 2.03. The first-order valence-corrected chi connectivity index (χ1v) is 6.41. The number of rotatable bonds is 1. The Morgan fingerprint density at radius 2 is 2.41 bits per heavy atom. The van der Waals surface area contributed by atoms with E-state index in [9.17, 15) is 4.39 Å². The number of fused-ring (bicyclic) bond motifs is 1. The highest BCUT2D eigenvalue weighted by Gasteiger charge is 2.33. The Balaban J connectivity index is 1.80. The zero-order chi connectivity index (χ0) is 11.8. The highest BCUT2D eigenvalue weighted by Crippen LogP contribution is 2.27. The number of halogens is 2. The van der Waals surface area contributed by atoms with E-state index in [4.69, 9.17) is 11.6 Å². The fourth-order valence-corrected chi connectivity index (χ4v) is 2.76. The van der Waals surface area contributed by atoms with Gasteiger partial charge in [0.1, 0.15) is 0 Å². The third kappa shape index (κ3) is 2.11. The van der Waals surface area contributed by atoms with Gasteiger partial charge in [0.15, 0.2) is 11.0 Å². The van der Waals surface area contributed by atoms with Gasteiger partial charge in [0.25, 0.3) is 0 Å². The van der Waals surface area contributed by atoms with Crippen molar-refractivity contribution >= 4 is 17.3 Å². The van der Waals surface area contributed by atoms with E-state index in [2.05, 4.69) is 15.2 Å². The molecule has 1 aromatic heterocycles. The summed E-state index contributed by atoms with van der Waals surface area (Å²) in [4.78, 5) is 6.07. The highest BCUT2D eigenvalue weighted by molar-refractivity contribution is 6.29. The standard InChI is InChI=1S/C12H15ClFN3/c13-12-10(14)4-9(6-16-12)17-3-1-2-8-5-15-11(8)7-17/h4,6,8,11,15H,1-3,5,7H2/t8-,11-/m0/s1. The maximum Gasteiger partial charge on any atom is 0.164 e. The van der Waals surface area contributed by atoms with Crippen LogP contribution in [-0.4, -0.2) is 30.7 Å². The molecule has 1 aromatic rings. The van der Waals surface area contributed by atoms with E-state index < -0.39 is 5.82 Å². The van der Waals surface area contributed by atoms with Gasteiger partial charge in [0.2, 0.25) is 0 Å². The van der Waals surface area contributed by atoms with Crippen LogP contribution in [0.4, 0.5) is 10.1 Å². The first kappa shape index (κ1) is 11.2. The Morgan fingerprint density at radius 3 is 3.12 bits per heavy atom. The Hall–Kier alpha value is -0.870. The van der Waals surface area contributed by atoms with Crippen LogP contribution in [0.5, 0.6) is 0 Å². The molecule has 3 rings (SSSR count). The second-order valence-electron chi connectivity index (χ2n) is 4.83. The molecule has 1 N–H and O–H groups in total. The van der Waals surface area contributed by atoms with E-state index in [-0.39, 0.29) is 5.15 Å². The molecule has 5 heteroatoms. The van der Waals surface area contributed by atoms with E-state index in [0.29, 0.717) is 6.04 Å². The Labute approximate surface area is 105 Å². The maximum absolute atomic E-state index is 13.4. The lowest BCUT2D eigenvalue weighted by molar-refractivity contribution is 0.234. The van der Waals surface area contributed by atoms with Gasteiger partial charge in [-0.25, -0.2) is 9.37 Å². The zero-order valence-corrected chi connectivity index (χ0v) is 10.3. The summed E-state index contributed by atoms with van der Waals surface area (Å²) in [5, 5.41) is 3.38. The maximum atomic E-state index is 13.4. The molecule has 0 spiro atoms. The molecule has 2 fully saturated rings. The first-order chi connectivity index (χ1) is 8.24. The third-order valence-corrected chi connectivity index (χ3v) is 4.06. The second-order valence-corrected chi connectivity index (χ2v) is 5.19. The first-order valence-electron chi connectivity index (χ1n) is 6.03. The van der Waals surface area contributed by atoms with Crippen LogP contribution in [-0.2, 0) is 0 Å². The summed E-state index contributed by atoms with van der Waals surface area (Å²) < 4.78 is 13.4. The molecule has 0 saturated carbocycles. The molecule has 92 valence electrons. The van der Waals surface area contributed by atoms with Crippen molar-refractivity contribution in [1.29, 1.82) is 0 Å². The molecule has 2 aliphatic rings. The summed E-state index contributed by atoms with van der Waals surface area (Å²) in [7, 11) is 0. The average molecular weight is 256 g/mol. The lowest BCUT2D eigenvalue weighted by atomic mass is 9.89. The molecule has 0 radical (unpaired) electrons. The quantitative estimate of drug-likeness (QED) is 0.779. The molecule has 3 nitrogen and oxygen atoms in total. The Morgan fingerprint density at radius 1 is 1.53 bits per heavy atom. The van der Waals surface area contributed by atoms with E-state index in [1.807, 2.05) is 0 Å². The van der Waals surface area contributed by atoms with Gasteiger partial charge >= 0.3 is 0 Å². The van der Waals surface area contributed by atoms with Crippen molar-refractivity contribution in [2.75, 3.05) is 24.5 Å². The number of nitrogens with one attached hydrogen (secondary N) is 1. The number of nitrogens with zero attached hydrogens (tertiary/aromatic N) is 2. The van der Waals surface area contributed by atoms with Gasteiger partial charge in [-0.15, -0.1) is 0 Å². The topological polar surface area (TPSA) is 28.2 Å². The number of hydrogen-bond donors (Lipinski definition) is 1. The fraction of sp³-hybridized carbons (Fsp3) is 0.583. The van der Waals surface area contributed by atoms with Crippen molar-refractivity contribution in [3.8, 4) is 0 Å². The van der Waals surface area contributed by atoms with Crippen LogP contribution in [0.1, 0.15) is 12.8 Å². The predicted molar refractivity (Wildman–Crippen MR) is 65.9 cm³/mol. The highest BCUT2D eigenvalue weighted by atomic mass is 35.5. The summed E-state index contributed by atoms with van der Waals surface area (Å²) in [6.07, 6.45) is 4.08. The van der Waals surface area contributed by atoms with Crippen LogP contribution in [0.2, 0.25) is 5.15 Å². The molecule has 0 aliphatic carbocycles. The zero-order valence-electron chi connectivity index (χ0n) is 9.50. The largest absolute Gasteiger partial charge is 0.369 e. The molecule has 17 heavy (non-hydrogen) atoms. The second kappa shape index (κ2) is 4.42. The van der Waals surface area contributed by atoms with Gasteiger partial charge < -0.3 is 10.2 Å². The molecular formula is C12H15ClFN3. The van der Waals surface area contributed by atoms with Crippen LogP contribution >= 0.6 is 11.6 Å². The van der Waals surface area contributed by atoms with Crippen molar-refractivity contribution in [2.24, 2.45) is 5.92 Å². The minimum absolute atomic E-state index is 0.0526. The minimum Gasteiger partial charge on any atom is -0.369 e. The van der Waals surface area contributed by atoms with Crippen molar-refractivity contribution in [1.82, 2.24) is 10.3 Å². The minimum atomic E-state index is -0.438. The van der Waals surface area contributed by atoms with Gasteiger partial charge in [-0.05, 0) is 25.3 Å². The number of anilines is 1. The van der Waals surface area contributed by atoms with Gasteiger partial charge in [-0.3, -0.25) is 0 Å². The van der Waals surface area contributed by atoms with E-state index in [0.717, 1.165) is 37.7 Å². The lowest BCUT2D eigenvalue weighted by Crippen LogP contribution is -2.56. The van der Waals surface area contributed by atoms with Gasteiger partial charge in [0, 0.05) is 25.2 Å². The molecular weight excluding hydrogens is 241 g/mol. The normalized spacial score (nSPS) is 28.2. The van der Waals surface area contributed by atoms with Gasteiger partial charge in [0.05, 0.1) is 11.9 Å². The molecule has 0 bridgehead atoms. The monoisotopic (exact) mass is 255 g/mol. The fourth-order valence-electron chi connectivity index (χ4n) is 2.66. The summed E-state index contributed by atoms with van der Waals surface area (Å²) >= 11 is 5.60. The van der Waals surface area contributed by atoms with Crippen molar-refractivity contribution in [3.05, 3.63) is 23.2 Å². The van der Waals surface area contributed by atoms with Crippen molar-refractivity contribution in [3.63, 3.8) is 0 Å². The molecule has 0 unspecified atom stereocenters. The smallest absolute Gasteiger partial charge is 0.164 e.